The molecular formula is C12H26N2O. The van der Waals surface area contributed by atoms with Crippen molar-refractivity contribution in [1.29, 1.82) is 0 Å². The third kappa shape index (κ3) is 4.49. The Hall–Kier alpha value is -0.120. The van der Waals surface area contributed by atoms with E-state index in [0.717, 1.165) is 39.1 Å². The first-order valence-electron chi connectivity index (χ1n) is 6.08. The van der Waals surface area contributed by atoms with Gasteiger partial charge in [0.25, 0.3) is 0 Å². The predicted octanol–water partition coefficient (Wildman–Crippen LogP) is 1.49. The predicted molar refractivity (Wildman–Crippen MR) is 64.2 cm³/mol. The number of nitrogens with one attached hydrogen (secondary N) is 1. The van der Waals surface area contributed by atoms with Gasteiger partial charge in [-0.15, -0.1) is 0 Å². The van der Waals surface area contributed by atoms with Crippen LogP contribution >= 0.6 is 0 Å². The lowest BCUT2D eigenvalue weighted by Gasteiger charge is -2.35. The molecule has 0 aromatic rings. The fourth-order valence-electron chi connectivity index (χ4n) is 1.79. The van der Waals surface area contributed by atoms with Gasteiger partial charge >= 0.3 is 0 Å². The van der Waals surface area contributed by atoms with Crippen molar-refractivity contribution >= 4 is 0 Å². The van der Waals surface area contributed by atoms with Gasteiger partial charge < -0.3 is 15.0 Å². The molecular weight excluding hydrogens is 188 g/mol. The van der Waals surface area contributed by atoms with Crippen LogP contribution in [0.15, 0.2) is 0 Å². The van der Waals surface area contributed by atoms with E-state index in [1.165, 1.54) is 0 Å². The molecule has 0 saturated carbocycles. The zero-order valence-electron chi connectivity index (χ0n) is 10.7. The van der Waals surface area contributed by atoms with Crippen molar-refractivity contribution in [3.8, 4) is 0 Å². The summed E-state index contributed by atoms with van der Waals surface area (Å²) in [6.07, 6.45) is 2.27. The average molecular weight is 214 g/mol. The number of likely N-dealkylation sites (N-methyl/N-ethyl adjacent to an activating group) is 1. The second-order valence-corrected chi connectivity index (χ2v) is 5.12. The molecule has 1 saturated heterocycles. The molecule has 0 spiro atoms. The molecule has 0 radical (unpaired) electrons. The van der Waals surface area contributed by atoms with E-state index in [-0.39, 0.29) is 5.60 Å². The van der Waals surface area contributed by atoms with Crippen LogP contribution in [0, 0.1) is 0 Å². The maximum Gasteiger partial charge on any atom is 0.0679 e. The number of ether oxygens (including phenoxy) is 1. The smallest absolute Gasteiger partial charge is 0.0679 e. The zero-order valence-corrected chi connectivity index (χ0v) is 10.7. The lowest BCUT2D eigenvalue weighted by Crippen LogP contribution is -2.43. The monoisotopic (exact) mass is 214 g/mol. The summed E-state index contributed by atoms with van der Waals surface area (Å²) >= 11 is 0. The van der Waals surface area contributed by atoms with Gasteiger partial charge in [0.2, 0.25) is 0 Å². The van der Waals surface area contributed by atoms with E-state index in [1.807, 2.05) is 0 Å². The molecule has 1 fully saturated rings. The van der Waals surface area contributed by atoms with Gasteiger partial charge in [-0.3, -0.25) is 0 Å². The quantitative estimate of drug-likeness (QED) is 0.750. The van der Waals surface area contributed by atoms with Crippen molar-refractivity contribution in [1.82, 2.24) is 10.2 Å². The Bertz CT molecular complexity index is 176. The molecule has 0 aromatic carbocycles. The maximum absolute atomic E-state index is 6.01. The van der Waals surface area contributed by atoms with Crippen LogP contribution in [0.4, 0.5) is 0 Å². The van der Waals surface area contributed by atoms with E-state index in [4.69, 9.17) is 4.74 Å². The molecule has 1 aliphatic rings. The van der Waals surface area contributed by atoms with Crippen molar-refractivity contribution in [3.05, 3.63) is 0 Å². The molecule has 0 atom stereocenters. The van der Waals surface area contributed by atoms with Crippen LogP contribution in [-0.4, -0.2) is 49.8 Å². The van der Waals surface area contributed by atoms with Crippen molar-refractivity contribution in [3.63, 3.8) is 0 Å². The Labute approximate surface area is 94.2 Å². The van der Waals surface area contributed by atoms with Gasteiger partial charge in [-0.2, -0.15) is 0 Å². The van der Waals surface area contributed by atoms with E-state index >= 15 is 0 Å². The van der Waals surface area contributed by atoms with Gasteiger partial charge in [-0.1, -0.05) is 0 Å². The van der Waals surface area contributed by atoms with Crippen LogP contribution in [-0.2, 0) is 4.74 Å². The Kier molecular flexibility index (Phi) is 5.03. The Morgan fingerprint density at radius 2 is 1.93 bits per heavy atom. The average Bonchev–Trinajstić information content (AvgIpc) is 2.18. The Balaban J connectivity index is 2.18. The highest BCUT2D eigenvalue weighted by molar-refractivity contribution is 4.81. The van der Waals surface area contributed by atoms with Crippen LogP contribution in [0.25, 0.3) is 0 Å². The second-order valence-electron chi connectivity index (χ2n) is 5.12. The molecule has 1 aliphatic heterocycles. The van der Waals surface area contributed by atoms with Gasteiger partial charge in [-0.25, -0.2) is 0 Å². The fraction of sp³-hybridized carbons (Fsp3) is 1.00. The van der Waals surface area contributed by atoms with E-state index in [0.29, 0.717) is 6.04 Å². The lowest BCUT2D eigenvalue weighted by molar-refractivity contribution is -0.0580. The molecule has 90 valence electrons. The molecule has 1 N–H and O–H groups in total. The van der Waals surface area contributed by atoms with Gasteiger partial charge in [0, 0.05) is 12.6 Å². The summed E-state index contributed by atoms with van der Waals surface area (Å²) in [5, 5.41) is 3.37. The SMILES string of the molecule is CC(C)N(C)CCOC1(C)CCNCC1. The zero-order chi connectivity index (χ0) is 11.3. The van der Waals surface area contributed by atoms with Crippen molar-refractivity contribution < 1.29 is 4.74 Å². The largest absolute Gasteiger partial charge is 0.374 e. The van der Waals surface area contributed by atoms with E-state index in [1.54, 1.807) is 0 Å². The normalized spacial score (nSPS) is 21.2. The van der Waals surface area contributed by atoms with E-state index in [2.05, 4.69) is 38.0 Å². The maximum atomic E-state index is 6.01. The summed E-state index contributed by atoms with van der Waals surface area (Å²) in [7, 11) is 2.15. The summed E-state index contributed by atoms with van der Waals surface area (Å²) < 4.78 is 6.01. The van der Waals surface area contributed by atoms with Gasteiger partial charge in [0.1, 0.15) is 0 Å². The molecule has 0 aromatic heterocycles. The molecule has 0 aliphatic carbocycles. The highest BCUT2D eigenvalue weighted by Gasteiger charge is 2.27. The van der Waals surface area contributed by atoms with Gasteiger partial charge in [0.05, 0.1) is 12.2 Å². The lowest BCUT2D eigenvalue weighted by atomic mass is 9.95. The number of hydrogen-bond donors (Lipinski definition) is 1. The highest BCUT2D eigenvalue weighted by Crippen LogP contribution is 2.21. The van der Waals surface area contributed by atoms with Crippen LogP contribution < -0.4 is 5.32 Å². The number of hydrogen-bond acceptors (Lipinski definition) is 3. The summed E-state index contributed by atoms with van der Waals surface area (Å²) in [6.45, 7) is 10.7. The van der Waals surface area contributed by atoms with Crippen molar-refractivity contribution in [2.24, 2.45) is 0 Å². The van der Waals surface area contributed by atoms with E-state index in [9.17, 15) is 0 Å². The number of rotatable bonds is 5. The van der Waals surface area contributed by atoms with Crippen molar-refractivity contribution in [2.75, 3.05) is 33.3 Å². The molecule has 3 nitrogen and oxygen atoms in total. The summed E-state index contributed by atoms with van der Waals surface area (Å²) in [5.74, 6) is 0. The molecule has 1 rings (SSSR count). The Morgan fingerprint density at radius 3 is 2.47 bits per heavy atom. The van der Waals surface area contributed by atoms with E-state index < -0.39 is 0 Å². The summed E-state index contributed by atoms with van der Waals surface area (Å²) in [5.41, 5.74) is 0.114. The summed E-state index contributed by atoms with van der Waals surface area (Å²) in [6, 6.07) is 0.606. The number of nitrogens with zero attached hydrogens (tertiary/aromatic N) is 1. The fourth-order valence-corrected chi connectivity index (χ4v) is 1.79. The van der Waals surface area contributed by atoms with Crippen LogP contribution in [0.2, 0.25) is 0 Å². The first kappa shape index (κ1) is 12.9. The minimum atomic E-state index is 0.114. The van der Waals surface area contributed by atoms with Gasteiger partial charge in [0.15, 0.2) is 0 Å². The summed E-state index contributed by atoms with van der Waals surface area (Å²) in [4.78, 5) is 2.32. The topological polar surface area (TPSA) is 24.5 Å². The molecule has 0 unspecified atom stereocenters. The van der Waals surface area contributed by atoms with Crippen molar-refractivity contribution in [2.45, 2.75) is 45.3 Å². The molecule has 3 heteroatoms. The molecule has 0 amide bonds. The third-order valence-electron chi connectivity index (χ3n) is 3.44. The minimum Gasteiger partial charge on any atom is -0.374 e. The first-order valence-corrected chi connectivity index (χ1v) is 6.08. The highest BCUT2D eigenvalue weighted by atomic mass is 16.5. The van der Waals surface area contributed by atoms with Crippen LogP contribution in [0.1, 0.15) is 33.6 Å². The van der Waals surface area contributed by atoms with Crippen LogP contribution in [0.5, 0.6) is 0 Å². The molecule has 0 bridgehead atoms. The van der Waals surface area contributed by atoms with Crippen LogP contribution in [0.3, 0.4) is 0 Å². The standard InChI is InChI=1S/C12H26N2O/c1-11(2)14(4)9-10-15-12(3)5-7-13-8-6-12/h11,13H,5-10H2,1-4H3. The molecule has 1 heterocycles. The first-order chi connectivity index (χ1) is 7.03. The minimum absolute atomic E-state index is 0.114. The second kappa shape index (κ2) is 5.83. The van der Waals surface area contributed by atoms with Gasteiger partial charge in [-0.05, 0) is 53.8 Å². The Morgan fingerprint density at radius 1 is 1.33 bits per heavy atom. The molecule has 15 heavy (non-hydrogen) atoms. The number of piperidine rings is 1. The third-order valence-corrected chi connectivity index (χ3v) is 3.44.